The second kappa shape index (κ2) is 10.1. The van der Waals surface area contributed by atoms with Crippen molar-refractivity contribution in [3.05, 3.63) is 11.1 Å². The predicted octanol–water partition coefficient (Wildman–Crippen LogP) is 10.3. The summed E-state index contributed by atoms with van der Waals surface area (Å²) >= 11 is 0. The first-order chi connectivity index (χ1) is 15.1. The number of hydrogen-bond acceptors (Lipinski definition) is 2. The summed E-state index contributed by atoms with van der Waals surface area (Å²) in [6.07, 6.45) is 10.6. The van der Waals surface area contributed by atoms with Gasteiger partial charge in [-0.3, -0.25) is 0 Å². The van der Waals surface area contributed by atoms with Crippen molar-refractivity contribution in [1.29, 1.82) is 0 Å². The summed E-state index contributed by atoms with van der Waals surface area (Å²) in [5.41, 5.74) is 3.76. The van der Waals surface area contributed by atoms with Crippen LogP contribution in [-0.2, 0) is 8.85 Å². The molecule has 2 saturated carbocycles. The fourth-order valence-corrected chi connectivity index (χ4v) is 9.34. The van der Waals surface area contributed by atoms with Crippen LogP contribution in [0.3, 0.4) is 0 Å². The zero-order chi connectivity index (χ0) is 26.4. The number of hydrogen-bond donors (Lipinski definition) is 0. The first-order valence-corrected chi connectivity index (χ1v) is 20.0. The Kier molecular flexibility index (Phi) is 9.01. The van der Waals surface area contributed by atoms with Gasteiger partial charge in [0.2, 0.25) is 0 Å². The van der Waals surface area contributed by atoms with Gasteiger partial charge >= 0.3 is 0 Å². The summed E-state index contributed by atoms with van der Waals surface area (Å²) in [5.74, 6) is 0.707. The summed E-state index contributed by atoms with van der Waals surface area (Å²) < 4.78 is 13.9. The molecule has 2 rings (SSSR count). The van der Waals surface area contributed by atoms with E-state index in [-0.39, 0.29) is 15.7 Å². The normalized spacial score (nSPS) is 28.8. The molecule has 0 aromatic rings. The molecule has 0 aromatic heterocycles. The van der Waals surface area contributed by atoms with E-state index >= 15 is 0 Å². The quantitative estimate of drug-likeness (QED) is 0.240. The average molecular weight is 509 g/mol. The third-order valence-corrected chi connectivity index (χ3v) is 19.5. The Morgan fingerprint density at radius 3 is 2.00 bits per heavy atom. The van der Waals surface area contributed by atoms with Crippen molar-refractivity contribution in [1.82, 2.24) is 0 Å². The molecule has 1 unspecified atom stereocenters. The fraction of sp³-hybridized carbons (Fsp3) is 0.933. The van der Waals surface area contributed by atoms with Crippen LogP contribution in [0.25, 0.3) is 0 Å². The van der Waals surface area contributed by atoms with Gasteiger partial charge < -0.3 is 8.85 Å². The number of rotatable bonds is 8. The maximum absolute atomic E-state index is 7.05. The van der Waals surface area contributed by atoms with E-state index in [0.717, 1.165) is 6.42 Å². The maximum atomic E-state index is 7.05. The van der Waals surface area contributed by atoms with Crippen molar-refractivity contribution in [3.63, 3.8) is 0 Å². The molecule has 2 fully saturated rings. The van der Waals surface area contributed by atoms with Crippen LogP contribution in [0.15, 0.2) is 11.1 Å². The van der Waals surface area contributed by atoms with Crippen molar-refractivity contribution < 1.29 is 8.85 Å². The molecule has 0 saturated heterocycles. The summed E-state index contributed by atoms with van der Waals surface area (Å²) in [4.78, 5) is 0. The highest BCUT2D eigenvalue weighted by atomic mass is 28.4. The molecule has 0 spiro atoms. The lowest BCUT2D eigenvalue weighted by atomic mass is 9.65. The van der Waals surface area contributed by atoms with E-state index in [1.807, 2.05) is 0 Å². The summed E-state index contributed by atoms with van der Waals surface area (Å²) in [6, 6.07) is 0. The van der Waals surface area contributed by atoms with Gasteiger partial charge in [-0.25, -0.2) is 0 Å². The van der Waals surface area contributed by atoms with Crippen molar-refractivity contribution >= 4 is 16.6 Å². The highest BCUT2D eigenvalue weighted by Gasteiger charge is 2.51. The predicted molar refractivity (Wildman–Crippen MR) is 156 cm³/mol. The lowest BCUT2D eigenvalue weighted by molar-refractivity contribution is 0.0230. The van der Waals surface area contributed by atoms with Crippen LogP contribution >= 0.6 is 0 Å². The molecule has 0 radical (unpaired) electrons. The molecule has 0 aliphatic heterocycles. The Bertz CT molecular complexity index is 736. The van der Waals surface area contributed by atoms with Crippen LogP contribution in [0.2, 0.25) is 36.3 Å². The first kappa shape index (κ1) is 30.3. The van der Waals surface area contributed by atoms with Crippen LogP contribution in [-0.4, -0.2) is 28.3 Å². The van der Waals surface area contributed by atoms with Gasteiger partial charge in [0.15, 0.2) is 16.6 Å². The molecule has 0 bridgehead atoms. The molecule has 0 amide bonds. The molecule has 4 heteroatoms. The molecular formula is C30H60O2Si2. The summed E-state index contributed by atoms with van der Waals surface area (Å²) in [6.45, 7) is 33.4. The van der Waals surface area contributed by atoms with Gasteiger partial charge in [0.05, 0.1) is 5.60 Å². The van der Waals surface area contributed by atoms with E-state index in [1.165, 1.54) is 44.9 Å². The minimum atomic E-state index is -1.74. The van der Waals surface area contributed by atoms with Gasteiger partial charge in [-0.05, 0) is 113 Å². The van der Waals surface area contributed by atoms with Crippen LogP contribution < -0.4 is 0 Å². The number of fused-ring (bicyclic) bond motifs is 1. The van der Waals surface area contributed by atoms with Crippen molar-refractivity contribution in [2.45, 2.75) is 169 Å². The lowest BCUT2D eigenvalue weighted by Gasteiger charge is -2.48. The van der Waals surface area contributed by atoms with Gasteiger partial charge in [0.25, 0.3) is 0 Å². The molecule has 200 valence electrons. The number of allylic oxidation sites excluding steroid dienone is 2. The third-order valence-electron chi connectivity index (χ3n) is 10.3. The van der Waals surface area contributed by atoms with E-state index < -0.39 is 16.6 Å². The van der Waals surface area contributed by atoms with E-state index in [2.05, 4.69) is 95.4 Å². The van der Waals surface area contributed by atoms with E-state index in [1.54, 1.807) is 11.1 Å². The Labute approximate surface area is 216 Å². The van der Waals surface area contributed by atoms with Crippen LogP contribution in [0, 0.1) is 11.3 Å². The van der Waals surface area contributed by atoms with Gasteiger partial charge in [0, 0.05) is 6.10 Å². The Hall–Kier alpha value is 0.0938. The Morgan fingerprint density at radius 2 is 1.47 bits per heavy atom. The SMILES string of the molecule is C/C(CCCC(C)(C)O[Si](C)(C)C(C)(C)C)=C1/CC[C@H]2C(O[Si](C)(C)C(C)(C)C)CCC[C@]12C. The van der Waals surface area contributed by atoms with Gasteiger partial charge in [-0.1, -0.05) is 66.0 Å². The molecular weight excluding hydrogens is 449 g/mol. The highest BCUT2D eigenvalue weighted by molar-refractivity contribution is 6.74. The van der Waals surface area contributed by atoms with E-state index in [9.17, 15) is 0 Å². The van der Waals surface area contributed by atoms with Crippen molar-refractivity contribution in [2.24, 2.45) is 11.3 Å². The fourth-order valence-electron chi connectivity index (χ4n) is 6.15. The second-order valence-corrected chi connectivity index (χ2v) is 25.1. The molecule has 2 aliphatic carbocycles. The summed E-state index contributed by atoms with van der Waals surface area (Å²) in [5, 5.41) is 0.549. The summed E-state index contributed by atoms with van der Waals surface area (Å²) in [7, 11) is -3.48. The Morgan fingerprint density at radius 1 is 0.912 bits per heavy atom. The topological polar surface area (TPSA) is 18.5 Å². The van der Waals surface area contributed by atoms with Gasteiger partial charge in [-0.15, -0.1) is 0 Å². The van der Waals surface area contributed by atoms with E-state index in [0.29, 0.717) is 17.4 Å². The Balaban J connectivity index is 2.07. The molecule has 0 heterocycles. The maximum Gasteiger partial charge on any atom is 0.192 e. The largest absolute Gasteiger partial charge is 0.414 e. The standard InChI is InChI=1S/C30H60O2Si2/c1-23(17-15-21-29(8,9)32-34(13,14)28(5,6)7)24-19-20-25-26(18-16-22-30(24,25)10)31-33(11,12)27(2,3)4/h25-26H,15-22H2,1-14H3/b24-23+/t25-,26?,30+/m0/s1. The second-order valence-electron chi connectivity index (χ2n) is 15.6. The lowest BCUT2D eigenvalue weighted by Crippen LogP contribution is -2.49. The molecule has 2 aliphatic rings. The molecule has 0 aromatic carbocycles. The van der Waals surface area contributed by atoms with Crippen molar-refractivity contribution in [2.75, 3.05) is 0 Å². The molecule has 3 atom stereocenters. The molecule has 34 heavy (non-hydrogen) atoms. The van der Waals surface area contributed by atoms with Crippen LogP contribution in [0.1, 0.15) is 121 Å². The van der Waals surface area contributed by atoms with E-state index in [4.69, 9.17) is 8.85 Å². The molecule has 2 nitrogen and oxygen atoms in total. The zero-order valence-electron chi connectivity index (χ0n) is 25.6. The average Bonchev–Trinajstić information content (AvgIpc) is 2.96. The molecule has 0 N–H and O–H groups in total. The minimum Gasteiger partial charge on any atom is -0.414 e. The van der Waals surface area contributed by atoms with Crippen molar-refractivity contribution in [3.8, 4) is 0 Å². The van der Waals surface area contributed by atoms with Crippen LogP contribution in [0.4, 0.5) is 0 Å². The van der Waals surface area contributed by atoms with Crippen LogP contribution in [0.5, 0.6) is 0 Å². The minimum absolute atomic E-state index is 0.0387. The third kappa shape index (κ3) is 6.69. The highest BCUT2D eigenvalue weighted by Crippen LogP contribution is 2.58. The van der Waals surface area contributed by atoms with Gasteiger partial charge in [0.1, 0.15) is 0 Å². The monoisotopic (exact) mass is 508 g/mol. The smallest absolute Gasteiger partial charge is 0.192 e. The first-order valence-electron chi connectivity index (χ1n) is 14.2. The zero-order valence-corrected chi connectivity index (χ0v) is 27.6. The van der Waals surface area contributed by atoms with Gasteiger partial charge in [-0.2, -0.15) is 0 Å².